The van der Waals surface area contributed by atoms with Crippen LogP contribution in [0, 0.1) is 40.8 Å². The summed E-state index contributed by atoms with van der Waals surface area (Å²) in [5.74, 6) is -6.33. The SMILES string of the molecule is CCOc1ccc(-c2ccc(OCCCCCC(CC)CCCCCOc3ccc(-c4ccc(O)c(F)c4F)c(F)c3)cc2F)c(F)c1F. The Morgan fingerprint density at radius 1 is 0.531 bits per heavy atom. The van der Waals surface area contributed by atoms with Gasteiger partial charge in [-0.1, -0.05) is 51.9 Å². The van der Waals surface area contributed by atoms with Crippen molar-refractivity contribution in [3.63, 3.8) is 0 Å². The van der Waals surface area contributed by atoms with Crippen molar-refractivity contribution in [3.05, 3.63) is 95.6 Å². The standard InChI is InChI=1S/C39H42F6O4/c1-3-25(11-7-5-9-21-48-26-13-15-28(32(40)23-26)30-17-19-34(46)38(44)36(30)42)12-8-6-10-22-49-27-14-16-29(33(41)24-27)31-18-20-35(47-4-2)39(45)37(31)43/h13-20,23-25,46H,3-12,21-22H2,1-2H3. The van der Waals surface area contributed by atoms with E-state index in [-0.39, 0.29) is 34.6 Å². The van der Waals surface area contributed by atoms with Gasteiger partial charge in [-0.25, -0.2) is 17.6 Å². The number of rotatable bonds is 19. The molecule has 0 radical (unpaired) electrons. The lowest BCUT2D eigenvalue weighted by Crippen LogP contribution is -2.02. The van der Waals surface area contributed by atoms with Crippen LogP contribution in [0.1, 0.15) is 71.6 Å². The molecule has 0 aromatic heterocycles. The molecule has 0 aliphatic carbocycles. The second kappa shape index (κ2) is 18.4. The van der Waals surface area contributed by atoms with Crippen molar-refractivity contribution >= 4 is 0 Å². The van der Waals surface area contributed by atoms with E-state index in [2.05, 4.69) is 6.92 Å². The second-order valence-corrected chi connectivity index (χ2v) is 11.9. The van der Waals surface area contributed by atoms with E-state index < -0.39 is 40.7 Å². The van der Waals surface area contributed by atoms with E-state index in [1.807, 2.05) is 0 Å². The van der Waals surface area contributed by atoms with E-state index in [0.29, 0.717) is 30.6 Å². The average molecular weight is 689 g/mol. The molecule has 0 saturated heterocycles. The van der Waals surface area contributed by atoms with Gasteiger partial charge in [-0.15, -0.1) is 0 Å². The monoisotopic (exact) mass is 688 g/mol. The van der Waals surface area contributed by atoms with Gasteiger partial charge < -0.3 is 19.3 Å². The maximum Gasteiger partial charge on any atom is 0.201 e. The number of hydrogen-bond acceptors (Lipinski definition) is 4. The lowest BCUT2D eigenvalue weighted by atomic mass is 9.93. The van der Waals surface area contributed by atoms with Gasteiger partial charge in [0.2, 0.25) is 11.6 Å². The fraction of sp³-hybridized carbons (Fsp3) is 0.385. The van der Waals surface area contributed by atoms with Crippen LogP contribution in [0.15, 0.2) is 60.7 Å². The highest BCUT2D eigenvalue weighted by Gasteiger charge is 2.19. The van der Waals surface area contributed by atoms with E-state index in [1.54, 1.807) is 13.0 Å². The van der Waals surface area contributed by atoms with E-state index in [1.165, 1.54) is 36.4 Å². The van der Waals surface area contributed by atoms with Gasteiger partial charge in [0.1, 0.15) is 23.1 Å². The Kier molecular flexibility index (Phi) is 14.1. The zero-order valence-electron chi connectivity index (χ0n) is 27.8. The first-order chi connectivity index (χ1) is 23.6. The van der Waals surface area contributed by atoms with Crippen LogP contribution in [-0.4, -0.2) is 24.9 Å². The zero-order valence-corrected chi connectivity index (χ0v) is 27.8. The minimum absolute atomic E-state index is 0.0590. The van der Waals surface area contributed by atoms with E-state index in [0.717, 1.165) is 76.0 Å². The maximum absolute atomic E-state index is 14.8. The fourth-order valence-electron chi connectivity index (χ4n) is 5.72. The van der Waals surface area contributed by atoms with Gasteiger partial charge in [-0.2, -0.15) is 8.78 Å². The highest BCUT2D eigenvalue weighted by Crippen LogP contribution is 2.34. The quantitative estimate of drug-likeness (QED) is 0.0787. The lowest BCUT2D eigenvalue weighted by molar-refractivity contribution is 0.294. The molecule has 0 spiro atoms. The molecule has 0 aliphatic rings. The molecule has 4 rings (SSSR count). The molecule has 0 fully saturated rings. The van der Waals surface area contributed by atoms with Gasteiger partial charge >= 0.3 is 0 Å². The van der Waals surface area contributed by atoms with Crippen LogP contribution in [0.2, 0.25) is 0 Å². The number of aromatic hydroxyl groups is 1. The van der Waals surface area contributed by atoms with Crippen LogP contribution in [0.4, 0.5) is 26.3 Å². The minimum atomic E-state index is -1.42. The van der Waals surface area contributed by atoms with Crippen molar-refractivity contribution in [2.75, 3.05) is 19.8 Å². The summed E-state index contributed by atoms with van der Waals surface area (Å²) in [5.41, 5.74) is -0.648. The number of phenolic OH excluding ortho intramolecular Hbond substituents is 1. The third kappa shape index (κ3) is 10.1. The van der Waals surface area contributed by atoms with Crippen molar-refractivity contribution in [2.24, 2.45) is 5.92 Å². The molecule has 1 N–H and O–H groups in total. The molecule has 4 aromatic rings. The Morgan fingerprint density at radius 3 is 1.51 bits per heavy atom. The summed E-state index contributed by atoms with van der Waals surface area (Å²) >= 11 is 0. The third-order valence-electron chi connectivity index (χ3n) is 8.50. The second-order valence-electron chi connectivity index (χ2n) is 11.9. The van der Waals surface area contributed by atoms with E-state index >= 15 is 0 Å². The van der Waals surface area contributed by atoms with Crippen molar-refractivity contribution in [3.8, 4) is 45.3 Å². The smallest absolute Gasteiger partial charge is 0.201 e. The first kappa shape index (κ1) is 37.5. The fourth-order valence-corrected chi connectivity index (χ4v) is 5.72. The molecule has 10 heteroatoms. The molecule has 1 atom stereocenters. The number of ether oxygens (including phenoxy) is 3. The topological polar surface area (TPSA) is 47.9 Å². The van der Waals surface area contributed by atoms with Crippen molar-refractivity contribution in [1.82, 2.24) is 0 Å². The number of unbranched alkanes of at least 4 members (excludes halogenated alkanes) is 4. The molecule has 49 heavy (non-hydrogen) atoms. The Labute approximate surface area is 283 Å². The number of benzene rings is 4. The zero-order chi connectivity index (χ0) is 35.3. The highest BCUT2D eigenvalue weighted by molar-refractivity contribution is 5.67. The molecule has 0 aliphatic heterocycles. The first-order valence-electron chi connectivity index (χ1n) is 16.8. The Balaban J connectivity index is 1.09. The molecule has 4 aromatic carbocycles. The normalized spacial score (nSPS) is 11.8. The molecule has 4 nitrogen and oxygen atoms in total. The molecular formula is C39H42F6O4. The van der Waals surface area contributed by atoms with Gasteiger partial charge in [0.25, 0.3) is 0 Å². The summed E-state index contributed by atoms with van der Waals surface area (Å²) in [6, 6.07) is 12.8. The summed E-state index contributed by atoms with van der Waals surface area (Å²) in [4.78, 5) is 0. The predicted molar refractivity (Wildman–Crippen MR) is 178 cm³/mol. The minimum Gasteiger partial charge on any atom is -0.505 e. The summed E-state index contributed by atoms with van der Waals surface area (Å²) in [6.07, 6.45) is 8.87. The summed E-state index contributed by atoms with van der Waals surface area (Å²) in [6.45, 7) is 4.84. The highest BCUT2D eigenvalue weighted by atomic mass is 19.2. The van der Waals surface area contributed by atoms with E-state index in [4.69, 9.17) is 14.2 Å². The lowest BCUT2D eigenvalue weighted by Gasteiger charge is -2.15. The van der Waals surface area contributed by atoms with Crippen molar-refractivity contribution < 1.29 is 45.7 Å². The van der Waals surface area contributed by atoms with Gasteiger partial charge in [-0.05, 0) is 74.2 Å². The summed E-state index contributed by atoms with van der Waals surface area (Å²) in [7, 11) is 0. The van der Waals surface area contributed by atoms with Crippen LogP contribution < -0.4 is 14.2 Å². The van der Waals surface area contributed by atoms with Gasteiger partial charge in [0.05, 0.1) is 19.8 Å². The van der Waals surface area contributed by atoms with Crippen molar-refractivity contribution in [2.45, 2.75) is 71.6 Å². The summed E-state index contributed by atoms with van der Waals surface area (Å²) < 4.78 is 102. The molecule has 0 bridgehead atoms. The van der Waals surface area contributed by atoms with Gasteiger partial charge in [0.15, 0.2) is 23.1 Å². The number of phenols is 1. The molecule has 0 saturated carbocycles. The maximum atomic E-state index is 14.8. The molecule has 0 amide bonds. The van der Waals surface area contributed by atoms with Crippen LogP contribution in [0.3, 0.4) is 0 Å². The first-order valence-corrected chi connectivity index (χ1v) is 16.8. The molecular weight excluding hydrogens is 646 g/mol. The average Bonchev–Trinajstić information content (AvgIpc) is 3.09. The Hall–Kier alpha value is -4.34. The Morgan fingerprint density at radius 2 is 1.02 bits per heavy atom. The third-order valence-corrected chi connectivity index (χ3v) is 8.50. The van der Waals surface area contributed by atoms with Crippen LogP contribution >= 0.6 is 0 Å². The van der Waals surface area contributed by atoms with Gasteiger partial charge in [-0.3, -0.25) is 0 Å². The molecule has 0 heterocycles. The van der Waals surface area contributed by atoms with E-state index in [9.17, 15) is 31.4 Å². The predicted octanol–water partition coefficient (Wildman–Crippen LogP) is 11.6. The molecule has 1 unspecified atom stereocenters. The largest absolute Gasteiger partial charge is 0.505 e. The number of hydrogen-bond donors (Lipinski definition) is 1. The molecule has 264 valence electrons. The van der Waals surface area contributed by atoms with Gasteiger partial charge in [0, 0.05) is 34.4 Å². The summed E-state index contributed by atoms with van der Waals surface area (Å²) in [5, 5.41) is 9.29. The Bertz CT molecular complexity index is 1680. The van der Waals surface area contributed by atoms with Crippen LogP contribution in [0.5, 0.6) is 23.0 Å². The van der Waals surface area contributed by atoms with Crippen LogP contribution in [0.25, 0.3) is 22.3 Å². The van der Waals surface area contributed by atoms with Crippen molar-refractivity contribution in [1.29, 1.82) is 0 Å². The van der Waals surface area contributed by atoms with Crippen LogP contribution in [-0.2, 0) is 0 Å². The number of halogens is 6.